The van der Waals surface area contributed by atoms with Crippen LogP contribution in [0.5, 0.6) is 0 Å². The molecule has 0 atom stereocenters. The number of hydrogen-bond acceptors (Lipinski definition) is 6. The fourth-order valence-corrected chi connectivity index (χ4v) is 5.11. The molecule has 0 aliphatic rings. The van der Waals surface area contributed by atoms with E-state index in [0.29, 0.717) is 0 Å². The Labute approximate surface area is 219 Å². The summed E-state index contributed by atoms with van der Waals surface area (Å²) in [6.45, 7) is 4.77. The first-order valence-electron chi connectivity index (χ1n) is 7.88. The first-order chi connectivity index (χ1) is 12.1. The molecule has 0 bridgehead atoms. The maximum absolute atomic E-state index is 4.84. The predicted octanol–water partition coefficient (Wildman–Crippen LogP) is 4.10. The van der Waals surface area contributed by atoms with Gasteiger partial charge < -0.3 is 14.7 Å². The number of halogens is 5. The zero-order valence-electron chi connectivity index (χ0n) is 14.1. The summed E-state index contributed by atoms with van der Waals surface area (Å²) in [7, 11) is 2.06. The quantitative estimate of drug-likeness (QED) is 0.220. The molecule has 0 spiro atoms. The Morgan fingerprint density at radius 2 is 0.880 bits per heavy atom. The summed E-state index contributed by atoms with van der Waals surface area (Å²) in [5, 5.41) is 0. The molecule has 0 aliphatic heterocycles. The van der Waals surface area contributed by atoms with Crippen LogP contribution in [0.2, 0.25) is 0 Å². The molecule has 1 aromatic heterocycles. The van der Waals surface area contributed by atoms with Crippen LogP contribution in [0.3, 0.4) is 0 Å². The summed E-state index contributed by atoms with van der Waals surface area (Å²) in [5.41, 5.74) is 0. The van der Waals surface area contributed by atoms with E-state index >= 15 is 0 Å². The van der Waals surface area contributed by atoms with Gasteiger partial charge in [0.05, 0.1) is 0 Å². The van der Waals surface area contributed by atoms with Crippen molar-refractivity contribution in [1.29, 1.82) is 0 Å². The van der Waals surface area contributed by atoms with Gasteiger partial charge in [-0.25, -0.2) is 0 Å². The zero-order valence-corrected chi connectivity index (χ0v) is 24.9. The summed E-state index contributed by atoms with van der Waals surface area (Å²) in [4.78, 5) is 21.1. The molecule has 0 aliphatic carbocycles. The Kier molecular flexibility index (Phi) is 15.0. The fraction of sp³-hybridized carbons (Fsp3) is 0.786. The smallest absolute Gasteiger partial charge is 0.232 e. The zero-order chi connectivity index (χ0) is 18.7. The molecule has 1 heterocycles. The van der Waals surface area contributed by atoms with E-state index in [0.717, 1.165) is 72.7 Å². The van der Waals surface area contributed by atoms with E-state index in [2.05, 4.69) is 135 Å². The van der Waals surface area contributed by atoms with Crippen molar-refractivity contribution in [2.45, 2.75) is 0 Å². The van der Waals surface area contributed by atoms with Gasteiger partial charge >= 0.3 is 0 Å². The van der Waals surface area contributed by atoms with Gasteiger partial charge in [-0.3, -0.25) is 0 Å². The number of alkyl halides is 5. The van der Waals surface area contributed by atoms with Gasteiger partial charge in [0, 0.05) is 61.9 Å². The highest BCUT2D eigenvalue weighted by Gasteiger charge is 2.18. The lowest BCUT2D eigenvalue weighted by Gasteiger charge is -2.27. The van der Waals surface area contributed by atoms with Gasteiger partial charge in [0.1, 0.15) is 0 Å². The molecule has 0 N–H and O–H groups in total. The average Bonchev–Trinajstić information content (AvgIpc) is 2.61. The molecule has 0 amide bonds. The molecule has 0 saturated heterocycles. The van der Waals surface area contributed by atoms with Crippen molar-refractivity contribution in [1.82, 2.24) is 15.0 Å². The van der Waals surface area contributed by atoms with Crippen LogP contribution in [-0.2, 0) is 0 Å². The van der Waals surface area contributed by atoms with E-state index in [-0.39, 0.29) is 0 Å². The molecule has 0 saturated carbocycles. The van der Waals surface area contributed by atoms with Crippen LogP contribution in [0, 0.1) is 0 Å². The van der Waals surface area contributed by atoms with Gasteiger partial charge in [0.25, 0.3) is 0 Å². The van der Waals surface area contributed by atoms with Crippen LogP contribution in [0.15, 0.2) is 0 Å². The molecule has 1 rings (SSSR count). The number of aromatic nitrogens is 3. The Hall–Kier alpha value is 2.06. The molecule has 0 radical (unpaired) electrons. The fourth-order valence-electron chi connectivity index (χ4n) is 2.06. The molecule has 0 aromatic carbocycles. The number of rotatable bonds is 13. The first kappa shape index (κ1) is 25.1. The van der Waals surface area contributed by atoms with Crippen molar-refractivity contribution >= 4 is 131 Å². The molecule has 1 aromatic rings. The molecule has 6 nitrogen and oxygen atoms in total. The predicted molar refractivity (Wildman–Crippen MR) is 152 cm³/mol. The van der Waals surface area contributed by atoms with Crippen LogP contribution in [-0.4, -0.2) is 76.9 Å². The first-order valence-corrected chi connectivity index (χ1v) is 15.5. The highest BCUT2D eigenvalue weighted by molar-refractivity contribution is 14.1. The minimum Gasteiger partial charge on any atom is -0.343 e. The third-order valence-corrected chi connectivity index (χ3v) is 5.76. The number of anilines is 3. The van der Waals surface area contributed by atoms with E-state index in [1.165, 1.54) is 0 Å². The highest BCUT2D eigenvalue weighted by Crippen LogP contribution is 2.19. The van der Waals surface area contributed by atoms with Gasteiger partial charge in [-0.05, 0) is 0 Å². The van der Waals surface area contributed by atoms with Crippen molar-refractivity contribution < 1.29 is 0 Å². The maximum atomic E-state index is 4.84. The SMILES string of the molecule is CN(CCI)c1nc(N(CCI)CCI)nc(N(CCI)CCI)n1. The normalized spacial score (nSPS) is 10.8. The van der Waals surface area contributed by atoms with Gasteiger partial charge in [0.2, 0.25) is 17.8 Å². The summed E-state index contributed by atoms with van der Waals surface area (Å²) >= 11 is 12.0. The summed E-state index contributed by atoms with van der Waals surface area (Å²) in [6.07, 6.45) is 0. The molecular weight excluding hydrogens is 887 g/mol. The molecular formula is C14H23I5N6. The lowest BCUT2D eigenvalue weighted by molar-refractivity contribution is 0.779. The Bertz CT molecular complexity index is 449. The molecule has 25 heavy (non-hydrogen) atoms. The van der Waals surface area contributed by atoms with Crippen molar-refractivity contribution in [2.75, 3.05) is 76.6 Å². The van der Waals surface area contributed by atoms with Crippen LogP contribution < -0.4 is 14.7 Å². The second kappa shape index (κ2) is 15.0. The summed E-state index contributed by atoms with van der Waals surface area (Å²) in [5.74, 6) is 2.39. The van der Waals surface area contributed by atoms with Crippen LogP contribution in [0.25, 0.3) is 0 Å². The standard InChI is InChI=1S/C14H23I5N6/c1-23(7-2-15)12-20-13(24(8-3-16)9-4-17)22-14(21-12)25(10-5-18)11-6-19/h2-11H2,1H3. The third-order valence-electron chi connectivity index (χ3n) is 3.34. The minimum atomic E-state index is 0.774. The Morgan fingerprint density at radius 1 is 0.560 bits per heavy atom. The minimum absolute atomic E-state index is 0.774. The van der Waals surface area contributed by atoms with Gasteiger partial charge in [-0.1, -0.05) is 113 Å². The lowest BCUT2D eigenvalue weighted by atomic mass is 10.5. The van der Waals surface area contributed by atoms with Crippen molar-refractivity contribution in [3.05, 3.63) is 0 Å². The Morgan fingerprint density at radius 3 is 1.20 bits per heavy atom. The average molecular weight is 910 g/mol. The lowest BCUT2D eigenvalue weighted by Crippen LogP contribution is -2.34. The summed E-state index contributed by atoms with van der Waals surface area (Å²) < 4.78 is 5.26. The molecule has 0 fully saturated rings. The largest absolute Gasteiger partial charge is 0.343 e. The molecule has 144 valence electrons. The van der Waals surface area contributed by atoms with Crippen LogP contribution >= 0.6 is 113 Å². The van der Waals surface area contributed by atoms with E-state index in [1.54, 1.807) is 0 Å². The Balaban J connectivity index is 3.28. The topological polar surface area (TPSA) is 48.4 Å². The molecule has 0 unspecified atom stereocenters. The van der Waals surface area contributed by atoms with Crippen molar-refractivity contribution in [3.8, 4) is 0 Å². The number of nitrogens with zero attached hydrogens (tertiary/aromatic N) is 6. The monoisotopic (exact) mass is 910 g/mol. The highest BCUT2D eigenvalue weighted by atomic mass is 127. The maximum Gasteiger partial charge on any atom is 0.232 e. The second-order valence-corrected chi connectivity index (χ2v) is 10.5. The van der Waals surface area contributed by atoms with E-state index in [4.69, 9.17) is 15.0 Å². The van der Waals surface area contributed by atoms with Gasteiger partial charge in [0.15, 0.2) is 0 Å². The second-order valence-electron chi connectivity index (χ2n) is 5.08. The summed E-state index contributed by atoms with van der Waals surface area (Å²) in [6, 6.07) is 0. The van der Waals surface area contributed by atoms with Crippen molar-refractivity contribution in [3.63, 3.8) is 0 Å². The van der Waals surface area contributed by atoms with E-state index in [9.17, 15) is 0 Å². The third kappa shape index (κ3) is 8.95. The number of hydrogen-bond donors (Lipinski definition) is 0. The van der Waals surface area contributed by atoms with Gasteiger partial charge in [-0.2, -0.15) is 15.0 Å². The van der Waals surface area contributed by atoms with Crippen LogP contribution in [0.4, 0.5) is 17.8 Å². The van der Waals surface area contributed by atoms with Gasteiger partial charge in [-0.15, -0.1) is 0 Å². The van der Waals surface area contributed by atoms with Crippen LogP contribution in [0.1, 0.15) is 0 Å². The van der Waals surface area contributed by atoms with Crippen molar-refractivity contribution in [2.24, 2.45) is 0 Å². The molecule has 11 heteroatoms. The van der Waals surface area contributed by atoms with E-state index < -0.39 is 0 Å². The van der Waals surface area contributed by atoms with E-state index in [1.807, 2.05) is 0 Å².